The van der Waals surface area contributed by atoms with Crippen molar-refractivity contribution < 1.29 is 45.6 Å². The van der Waals surface area contributed by atoms with Gasteiger partial charge in [-0.25, -0.2) is 9.59 Å². The number of hydrogen-bond donors (Lipinski definition) is 2. The van der Waals surface area contributed by atoms with Crippen LogP contribution in [0.5, 0.6) is 0 Å². The number of amides is 2. The summed E-state index contributed by atoms with van der Waals surface area (Å²) in [7, 11) is -5.56. The van der Waals surface area contributed by atoms with E-state index in [0.29, 0.717) is 75.9 Å². The lowest BCUT2D eigenvalue weighted by molar-refractivity contribution is 0.0680. The number of carbonyl (C=O) groups excluding carboxylic acids is 2. The third-order valence-electron chi connectivity index (χ3n) is 9.92. The maximum Gasteiger partial charge on any atom is 0.501 e. The molecule has 322 valence electrons. The van der Waals surface area contributed by atoms with Crippen molar-refractivity contribution in [3.63, 3.8) is 0 Å². The Balaban J connectivity index is 1.57. The highest BCUT2D eigenvalue weighted by Gasteiger charge is 2.40. The van der Waals surface area contributed by atoms with Crippen LogP contribution in [0.3, 0.4) is 0 Å². The van der Waals surface area contributed by atoms with Crippen LogP contribution >= 0.6 is 0 Å². The van der Waals surface area contributed by atoms with Gasteiger partial charge in [-0.1, -0.05) is 76.2 Å². The van der Waals surface area contributed by atoms with Crippen LogP contribution in [-0.2, 0) is 46.9 Å². The molecule has 0 atom stereocenters. The van der Waals surface area contributed by atoms with Gasteiger partial charge in [-0.2, -0.15) is 0 Å². The third-order valence-corrected chi connectivity index (χ3v) is 16.2. The van der Waals surface area contributed by atoms with Crippen molar-refractivity contribution in [3.8, 4) is 0 Å². The van der Waals surface area contributed by atoms with Gasteiger partial charge in [-0.3, -0.25) is 10.6 Å². The monoisotopic (exact) mass is 840 g/mol. The minimum atomic E-state index is -2.78. The zero-order chi connectivity index (χ0) is 42.7. The Bertz CT molecular complexity index is 1520. The van der Waals surface area contributed by atoms with Crippen molar-refractivity contribution in [3.05, 3.63) is 95.1 Å². The molecular formula is C44H68N2O10Si2. The molecule has 3 aromatic rings. The van der Waals surface area contributed by atoms with Crippen LogP contribution in [0.25, 0.3) is 0 Å². The molecule has 0 radical (unpaired) electrons. The van der Waals surface area contributed by atoms with Gasteiger partial charge in [0, 0.05) is 73.9 Å². The quantitative estimate of drug-likeness (QED) is 0.0595. The molecule has 14 heteroatoms. The van der Waals surface area contributed by atoms with Crippen LogP contribution in [0, 0.1) is 0 Å². The first-order chi connectivity index (χ1) is 27.7. The fourth-order valence-corrected chi connectivity index (χ4v) is 11.9. The summed E-state index contributed by atoms with van der Waals surface area (Å²) in [5, 5.41) is 5.68. The lowest BCUT2D eigenvalue weighted by atomic mass is 9.73. The molecule has 0 heterocycles. The summed E-state index contributed by atoms with van der Waals surface area (Å²) in [6, 6.07) is 25.5. The minimum absolute atomic E-state index is 0.227. The van der Waals surface area contributed by atoms with Gasteiger partial charge in [0.25, 0.3) is 0 Å². The molecule has 12 nitrogen and oxygen atoms in total. The summed E-state index contributed by atoms with van der Waals surface area (Å²) in [5.41, 5.74) is 5.18. The average molecular weight is 841 g/mol. The third kappa shape index (κ3) is 14.3. The highest BCUT2D eigenvalue weighted by atomic mass is 28.4. The Morgan fingerprint density at radius 3 is 1.09 bits per heavy atom. The van der Waals surface area contributed by atoms with Gasteiger partial charge in [0.2, 0.25) is 0 Å². The fraction of sp³-hybridized carbons (Fsp3) is 0.545. The fourth-order valence-electron chi connectivity index (χ4n) is 6.79. The molecule has 0 saturated carbocycles. The molecule has 0 aromatic heterocycles. The number of carbonyl (C=O) groups is 2. The number of ether oxygens (including phenoxy) is 2. The first-order valence-electron chi connectivity index (χ1n) is 20.8. The molecule has 2 N–H and O–H groups in total. The molecule has 2 amide bonds. The molecule has 0 aliphatic carbocycles. The second-order valence-electron chi connectivity index (χ2n) is 14.7. The van der Waals surface area contributed by atoms with Gasteiger partial charge < -0.3 is 36.0 Å². The van der Waals surface area contributed by atoms with E-state index in [1.165, 1.54) is 0 Å². The molecule has 3 rings (SSSR count). The highest BCUT2D eigenvalue weighted by Crippen LogP contribution is 2.37. The number of nitrogens with one attached hydrogen (secondary N) is 2. The summed E-state index contributed by atoms with van der Waals surface area (Å²) >= 11 is 0. The molecule has 0 bridgehead atoms. The van der Waals surface area contributed by atoms with Gasteiger partial charge in [0.1, 0.15) is 0 Å². The second kappa shape index (κ2) is 23.8. The van der Waals surface area contributed by atoms with Gasteiger partial charge >= 0.3 is 29.8 Å². The van der Waals surface area contributed by atoms with E-state index >= 15 is 0 Å². The summed E-state index contributed by atoms with van der Waals surface area (Å²) in [6.45, 7) is 23.8. The molecular weight excluding hydrogens is 773 g/mol. The summed E-state index contributed by atoms with van der Waals surface area (Å²) < 4.78 is 46.3. The topological polar surface area (TPSA) is 132 Å². The number of benzene rings is 3. The predicted molar refractivity (Wildman–Crippen MR) is 234 cm³/mol. The lowest BCUT2D eigenvalue weighted by Gasteiger charge is -2.31. The van der Waals surface area contributed by atoms with E-state index in [-0.39, 0.29) is 24.0 Å². The Morgan fingerprint density at radius 2 is 0.793 bits per heavy atom. The second-order valence-corrected chi connectivity index (χ2v) is 20.1. The molecule has 0 unspecified atom stereocenters. The summed E-state index contributed by atoms with van der Waals surface area (Å²) in [6.07, 6.45) is 0.123. The SMILES string of the molecule is CCO[Si](CCCOC(=O)Nc1ccc(C(C)(C)c2cccc(C(C)(C)c3ccc(NC(=O)OCCC[Si](OCC)(OCC)OCC)cc3)c2)cc1)(OCC)OCC. The van der Waals surface area contributed by atoms with E-state index in [9.17, 15) is 9.59 Å². The Labute approximate surface area is 349 Å². The van der Waals surface area contributed by atoms with Crippen molar-refractivity contribution in [2.45, 2.75) is 105 Å². The van der Waals surface area contributed by atoms with Gasteiger partial charge in [-0.15, -0.1) is 0 Å². The van der Waals surface area contributed by atoms with Crippen molar-refractivity contribution in [2.24, 2.45) is 0 Å². The zero-order valence-corrected chi connectivity index (χ0v) is 38.5. The highest BCUT2D eigenvalue weighted by molar-refractivity contribution is 6.61. The molecule has 0 fully saturated rings. The van der Waals surface area contributed by atoms with Gasteiger partial charge in [-0.05, 0) is 101 Å². The molecule has 3 aromatic carbocycles. The van der Waals surface area contributed by atoms with Crippen LogP contribution in [0.2, 0.25) is 12.1 Å². The van der Waals surface area contributed by atoms with Crippen molar-refractivity contribution >= 4 is 41.2 Å². The van der Waals surface area contributed by atoms with E-state index in [2.05, 4.69) is 62.6 Å². The molecule has 58 heavy (non-hydrogen) atoms. The van der Waals surface area contributed by atoms with E-state index < -0.39 is 29.8 Å². The van der Waals surface area contributed by atoms with Gasteiger partial charge in [0.05, 0.1) is 13.2 Å². The Kier molecular flexibility index (Phi) is 20.1. The number of rotatable bonds is 26. The number of hydrogen-bond acceptors (Lipinski definition) is 10. The van der Waals surface area contributed by atoms with E-state index in [0.717, 1.165) is 22.3 Å². The van der Waals surface area contributed by atoms with Crippen molar-refractivity contribution in [1.82, 2.24) is 0 Å². The summed E-state index contributed by atoms with van der Waals surface area (Å²) in [4.78, 5) is 25.2. The van der Waals surface area contributed by atoms with Crippen LogP contribution < -0.4 is 10.6 Å². The predicted octanol–water partition coefficient (Wildman–Crippen LogP) is 10.3. The minimum Gasteiger partial charge on any atom is -0.449 e. The normalized spacial score (nSPS) is 12.3. The largest absolute Gasteiger partial charge is 0.501 e. The molecule has 0 saturated heterocycles. The van der Waals surface area contributed by atoms with E-state index in [1.54, 1.807) is 0 Å². The van der Waals surface area contributed by atoms with Crippen LogP contribution in [-0.4, -0.2) is 82.7 Å². The lowest BCUT2D eigenvalue weighted by Crippen LogP contribution is -2.46. The van der Waals surface area contributed by atoms with Crippen molar-refractivity contribution in [2.75, 3.05) is 63.5 Å². The maximum atomic E-state index is 12.6. The summed E-state index contributed by atoms with van der Waals surface area (Å²) in [5.74, 6) is 0. The molecule has 0 aliphatic rings. The maximum absolute atomic E-state index is 12.6. The Morgan fingerprint density at radius 1 is 0.483 bits per heavy atom. The van der Waals surface area contributed by atoms with E-state index in [4.69, 9.17) is 36.0 Å². The van der Waals surface area contributed by atoms with Crippen LogP contribution in [0.4, 0.5) is 21.0 Å². The standard InChI is InChI=1S/C44H68N2O10Si2/c1-11-51-57(52-12-2,53-13-3)32-18-30-49-41(47)45-39-26-22-35(23-27-39)43(7,8)37-20-17-21-38(34-37)44(9,10)36-24-28-40(29-25-36)46-42(48)50-31-19-33-58(54-14-4,55-15-5)56-16-6/h17,20-29,34H,11-16,18-19,30-33H2,1-10H3,(H,45,47)(H,46,48). The van der Waals surface area contributed by atoms with Crippen molar-refractivity contribution in [1.29, 1.82) is 0 Å². The average Bonchev–Trinajstić information content (AvgIpc) is 3.19. The Hall–Kier alpha value is -3.61. The zero-order valence-electron chi connectivity index (χ0n) is 36.5. The van der Waals surface area contributed by atoms with E-state index in [1.807, 2.05) is 90.1 Å². The molecule has 0 spiro atoms. The molecule has 0 aliphatic heterocycles. The first kappa shape index (κ1) is 48.8. The first-order valence-corrected chi connectivity index (χ1v) is 24.6. The number of anilines is 2. The smallest absolute Gasteiger partial charge is 0.449 e. The van der Waals surface area contributed by atoms with Gasteiger partial charge in [0.15, 0.2) is 0 Å². The van der Waals surface area contributed by atoms with Crippen LogP contribution in [0.15, 0.2) is 72.8 Å². The van der Waals surface area contributed by atoms with Crippen LogP contribution in [0.1, 0.15) is 104 Å².